The number of nitrogens with zero attached hydrogens (tertiary/aromatic N) is 3. The second-order valence-electron chi connectivity index (χ2n) is 4.03. The smallest absolute Gasteiger partial charge is 0.128 e. The van der Waals surface area contributed by atoms with Crippen molar-refractivity contribution >= 4 is 5.82 Å². The van der Waals surface area contributed by atoms with Gasteiger partial charge in [0.2, 0.25) is 0 Å². The molecule has 0 spiro atoms. The molecule has 0 bridgehead atoms. The van der Waals surface area contributed by atoms with Gasteiger partial charge >= 0.3 is 0 Å². The maximum absolute atomic E-state index is 8.67. The van der Waals surface area contributed by atoms with E-state index in [0.717, 1.165) is 31.8 Å². The van der Waals surface area contributed by atoms with Crippen LogP contribution in [0.25, 0.3) is 0 Å². The van der Waals surface area contributed by atoms with Crippen LogP contribution in [0.1, 0.15) is 18.4 Å². The van der Waals surface area contributed by atoms with Gasteiger partial charge in [-0.3, -0.25) is 0 Å². The molecule has 4 nitrogen and oxygen atoms in total. The van der Waals surface area contributed by atoms with Crippen LogP contribution in [0, 0.1) is 11.3 Å². The Balaban J connectivity index is 1.97. The van der Waals surface area contributed by atoms with Crippen LogP contribution in [0.3, 0.4) is 0 Å². The molecule has 0 saturated carbocycles. The third-order valence-corrected chi connectivity index (χ3v) is 2.77. The van der Waals surface area contributed by atoms with Gasteiger partial charge in [-0.25, -0.2) is 4.98 Å². The summed E-state index contributed by atoms with van der Waals surface area (Å²) in [5, 5.41) is 8.67. The highest BCUT2D eigenvalue weighted by Crippen LogP contribution is 2.16. The van der Waals surface area contributed by atoms with Crippen molar-refractivity contribution in [1.29, 1.82) is 5.26 Å². The van der Waals surface area contributed by atoms with Gasteiger partial charge in [-0.15, -0.1) is 0 Å². The number of hydrogen-bond donors (Lipinski definition) is 0. The van der Waals surface area contributed by atoms with Gasteiger partial charge in [0, 0.05) is 26.4 Å². The number of aromatic nitrogens is 1. The highest BCUT2D eigenvalue weighted by atomic mass is 16.5. The second-order valence-corrected chi connectivity index (χ2v) is 4.03. The predicted molar refractivity (Wildman–Crippen MR) is 61.2 cm³/mol. The maximum Gasteiger partial charge on any atom is 0.128 e. The molecular weight excluding hydrogens is 202 g/mol. The van der Waals surface area contributed by atoms with Crippen molar-refractivity contribution < 1.29 is 4.74 Å². The first kappa shape index (κ1) is 10.9. The fourth-order valence-electron chi connectivity index (χ4n) is 1.87. The fourth-order valence-corrected chi connectivity index (χ4v) is 1.87. The molecule has 1 unspecified atom stereocenters. The zero-order chi connectivity index (χ0) is 11.4. The first-order chi connectivity index (χ1) is 7.79. The molecule has 0 radical (unpaired) electrons. The summed E-state index contributed by atoms with van der Waals surface area (Å²) in [5.74, 6) is 0.884. The highest BCUT2D eigenvalue weighted by Gasteiger charge is 2.17. The Morgan fingerprint density at radius 2 is 2.50 bits per heavy atom. The van der Waals surface area contributed by atoms with Gasteiger partial charge in [0.05, 0.1) is 11.7 Å². The minimum atomic E-state index is 0.322. The van der Waals surface area contributed by atoms with Crippen LogP contribution < -0.4 is 4.90 Å². The van der Waals surface area contributed by atoms with Crippen molar-refractivity contribution in [1.82, 2.24) is 4.98 Å². The standard InChI is InChI=1S/C12H15N3O/c1-15(9-11-3-2-6-16-11)12-5-4-10(7-13)8-14-12/h4-5,8,11H,2-3,6,9H2,1H3. The van der Waals surface area contributed by atoms with Gasteiger partial charge in [0.1, 0.15) is 11.9 Å². The van der Waals surface area contributed by atoms with Crippen LogP contribution in [0.4, 0.5) is 5.82 Å². The topological polar surface area (TPSA) is 49.1 Å². The first-order valence-electron chi connectivity index (χ1n) is 5.48. The summed E-state index contributed by atoms with van der Waals surface area (Å²) in [6.07, 6.45) is 4.20. The Morgan fingerprint density at radius 1 is 1.62 bits per heavy atom. The van der Waals surface area contributed by atoms with E-state index in [-0.39, 0.29) is 0 Å². The van der Waals surface area contributed by atoms with Crippen LogP contribution in [-0.4, -0.2) is 31.3 Å². The Hall–Kier alpha value is -1.60. The van der Waals surface area contributed by atoms with Crippen LogP contribution in [0.15, 0.2) is 18.3 Å². The van der Waals surface area contributed by atoms with E-state index in [9.17, 15) is 0 Å². The average molecular weight is 217 g/mol. The quantitative estimate of drug-likeness (QED) is 0.771. The van der Waals surface area contributed by atoms with E-state index in [1.807, 2.05) is 13.1 Å². The van der Waals surface area contributed by atoms with E-state index in [2.05, 4.69) is 16.0 Å². The molecule has 1 saturated heterocycles. The minimum Gasteiger partial charge on any atom is -0.376 e. The van der Waals surface area contributed by atoms with E-state index in [4.69, 9.17) is 10.00 Å². The number of pyridine rings is 1. The van der Waals surface area contributed by atoms with Crippen molar-refractivity contribution in [2.75, 3.05) is 25.1 Å². The third-order valence-electron chi connectivity index (χ3n) is 2.77. The summed E-state index contributed by atoms with van der Waals surface area (Å²) in [6.45, 7) is 1.73. The summed E-state index contributed by atoms with van der Waals surface area (Å²) < 4.78 is 5.57. The summed E-state index contributed by atoms with van der Waals surface area (Å²) in [6, 6.07) is 5.72. The molecule has 84 valence electrons. The number of likely N-dealkylation sites (N-methyl/N-ethyl adjacent to an activating group) is 1. The van der Waals surface area contributed by atoms with Gasteiger partial charge < -0.3 is 9.64 Å². The van der Waals surface area contributed by atoms with Crippen molar-refractivity contribution in [3.63, 3.8) is 0 Å². The Morgan fingerprint density at radius 3 is 3.06 bits per heavy atom. The van der Waals surface area contributed by atoms with E-state index in [0.29, 0.717) is 11.7 Å². The average Bonchev–Trinajstić information content (AvgIpc) is 2.82. The fraction of sp³-hybridized carbons (Fsp3) is 0.500. The number of anilines is 1. The first-order valence-corrected chi connectivity index (χ1v) is 5.48. The lowest BCUT2D eigenvalue weighted by molar-refractivity contribution is 0.116. The molecule has 4 heteroatoms. The van der Waals surface area contributed by atoms with Gasteiger partial charge in [-0.05, 0) is 25.0 Å². The molecule has 0 amide bonds. The molecule has 2 rings (SSSR count). The molecular formula is C12H15N3O. The predicted octanol–water partition coefficient (Wildman–Crippen LogP) is 1.57. The van der Waals surface area contributed by atoms with Crippen LogP contribution >= 0.6 is 0 Å². The van der Waals surface area contributed by atoms with Crippen LogP contribution in [0.5, 0.6) is 0 Å². The maximum atomic E-state index is 8.67. The molecule has 1 fully saturated rings. The molecule has 1 aliphatic rings. The molecule has 1 aromatic heterocycles. The minimum absolute atomic E-state index is 0.322. The monoisotopic (exact) mass is 217 g/mol. The van der Waals surface area contributed by atoms with E-state index < -0.39 is 0 Å². The lowest BCUT2D eigenvalue weighted by Crippen LogP contribution is -2.29. The second kappa shape index (κ2) is 4.95. The Labute approximate surface area is 95.5 Å². The van der Waals surface area contributed by atoms with Crippen molar-refractivity contribution in [2.45, 2.75) is 18.9 Å². The lowest BCUT2D eigenvalue weighted by atomic mass is 10.2. The molecule has 2 heterocycles. The van der Waals surface area contributed by atoms with Crippen LogP contribution in [-0.2, 0) is 4.74 Å². The summed E-state index contributed by atoms with van der Waals surface area (Å²) in [4.78, 5) is 6.31. The Kier molecular flexibility index (Phi) is 3.37. The largest absolute Gasteiger partial charge is 0.376 e. The van der Waals surface area contributed by atoms with E-state index in [1.165, 1.54) is 0 Å². The highest BCUT2D eigenvalue weighted by molar-refractivity contribution is 5.41. The van der Waals surface area contributed by atoms with Gasteiger partial charge in [-0.2, -0.15) is 5.26 Å². The molecule has 1 aromatic rings. The molecule has 0 aromatic carbocycles. The van der Waals surface area contributed by atoms with Gasteiger partial charge in [-0.1, -0.05) is 0 Å². The zero-order valence-electron chi connectivity index (χ0n) is 9.39. The van der Waals surface area contributed by atoms with Crippen molar-refractivity contribution in [3.8, 4) is 6.07 Å². The number of nitriles is 1. The lowest BCUT2D eigenvalue weighted by Gasteiger charge is -2.21. The third kappa shape index (κ3) is 2.50. The van der Waals surface area contributed by atoms with E-state index >= 15 is 0 Å². The summed E-state index contributed by atoms with van der Waals surface area (Å²) in [5.41, 5.74) is 0.592. The van der Waals surface area contributed by atoms with Crippen molar-refractivity contribution in [3.05, 3.63) is 23.9 Å². The molecule has 1 atom stereocenters. The van der Waals surface area contributed by atoms with Crippen molar-refractivity contribution in [2.24, 2.45) is 0 Å². The van der Waals surface area contributed by atoms with Crippen LogP contribution in [0.2, 0.25) is 0 Å². The summed E-state index contributed by atoms with van der Waals surface area (Å²) in [7, 11) is 2.00. The van der Waals surface area contributed by atoms with Gasteiger partial charge in [0.25, 0.3) is 0 Å². The molecule has 0 N–H and O–H groups in total. The summed E-state index contributed by atoms with van der Waals surface area (Å²) >= 11 is 0. The normalized spacial score (nSPS) is 19.4. The number of hydrogen-bond acceptors (Lipinski definition) is 4. The number of ether oxygens (including phenoxy) is 1. The molecule has 0 aliphatic carbocycles. The SMILES string of the molecule is CN(CC1CCCO1)c1ccc(C#N)cn1. The zero-order valence-corrected chi connectivity index (χ0v) is 9.39. The molecule has 1 aliphatic heterocycles. The van der Waals surface area contributed by atoms with Gasteiger partial charge in [0.15, 0.2) is 0 Å². The number of rotatable bonds is 3. The van der Waals surface area contributed by atoms with E-state index in [1.54, 1.807) is 12.3 Å². The Bertz CT molecular complexity index is 376. The molecule has 16 heavy (non-hydrogen) atoms.